The Kier molecular flexibility index (Phi) is 5.21. The molecule has 33 heavy (non-hydrogen) atoms. The van der Waals surface area contributed by atoms with E-state index in [2.05, 4.69) is 10.7 Å². The number of benzene rings is 1. The number of rotatable bonds is 2. The average molecular weight is 453 g/mol. The molecular formula is C24H23NO8. The predicted octanol–water partition coefficient (Wildman–Crippen LogP) is 1.90. The van der Waals surface area contributed by atoms with Gasteiger partial charge in [0.05, 0.1) is 18.7 Å². The van der Waals surface area contributed by atoms with Crippen molar-refractivity contribution in [2.45, 2.75) is 24.5 Å². The molecule has 0 bridgehead atoms. The molecule has 0 heterocycles. The molecule has 3 aliphatic rings. The zero-order valence-corrected chi connectivity index (χ0v) is 18.3. The van der Waals surface area contributed by atoms with Gasteiger partial charge in [-0.05, 0) is 44.5 Å². The van der Waals surface area contributed by atoms with Crippen LogP contribution in [-0.2, 0) is 25.5 Å². The van der Waals surface area contributed by atoms with E-state index in [0.717, 1.165) is 7.11 Å². The number of methoxy groups -OCH3 is 1. The third-order valence-corrected chi connectivity index (χ3v) is 6.73. The predicted molar refractivity (Wildman–Crippen MR) is 115 cm³/mol. The number of carbonyl (C=O) groups is 3. The summed E-state index contributed by atoms with van der Waals surface area (Å²) in [4.78, 5) is 41.0. The van der Waals surface area contributed by atoms with Crippen LogP contribution in [0.15, 0.2) is 35.1 Å². The summed E-state index contributed by atoms with van der Waals surface area (Å²) in [7, 11) is 4.27. The molecule has 1 fully saturated rings. The molecule has 9 heteroatoms. The third kappa shape index (κ3) is 2.94. The Balaban J connectivity index is 2.04. The van der Waals surface area contributed by atoms with Gasteiger partial charge in [0.2, 0.25) is 11.4 Å². The number of hydrogen-bond donors (Lipinski definition) is 3. The Morgan fingerprint density at radius 2 is 1.94 bits per heavy atom. The number of likely N-dealkylation sites (N-methyl/N-ethyl adjacent to an activating group) is 1. The fourth-order valence-electron chi connectivity index (χ4n) is 5.41. The molecule has 4 rings (SSSR count). The van der Waals surface area contributed by atoms with E-state index < -0.39 is 58.3 Å². The number of aliphatic hydroxyl groups excluding tert-OH is 2. The Bertz CT molecular complexity index is 1190. The van der Waals surface area contributed by atoms with Gasteiger partial charge in [-0.1, -0.05) is 18.1 Å². The highest BCUT2D eigenvalue weighted by Gasteiger charge is 2.66. The number of fused-ring (bicyclic) bond motifs is 3. The second kappa shape index (κ2) is 7.67. The molecule has 1 aromatic carbocycles. The van der Waals surface area contributed by atoms with Crippen molar-refractivity contribution in [1.29, 1.82) is 0 Å². The van der Waals surface area contributed by atoms with E-state index in [1.165, 1.54) is 6.07 Å². The fraction of sp³-hybridized carbons (Fsp3) is 0.375. The van der Waals surface area contributed by atoms with E-state index in [1.54, 1.807) is 31.1 Å². The van der Waals surface area contributed by atoms with Gasteiger partial charge in [-0.2, -0.15) is 0 Å². The summed E-state index contributed by atoms with van der Waals surface area (Å²) in [6.07, 6.45) is 4.63. The molecule has 0 saturated heterocycles. The largest absolute Gasteiger partial charge is 0.509 e. The number of carbonyl (C=O) groups excluding carboxylic acids is 3. The number of terminal acetylenes is 1. The summed E-state index contributed by atoms with van der Waals surface area (Å²) >= 11 is 0. The lowest BCUT2D eigenvalue weighted by Crippen LogP contribution is -2.66. The van der Waals surface area contributed by atoms with Gasteiger partial charge in [-0.3, -0.25) is 14.5 Å². The summed E-state index contributed by atoms with van der Waals surface area (Å²) in [6, 6.07) is 3.74. The number of phenolic OH excluding ortho intramolecular Hbond substituents is 1. The van der Waals surface area contributed by atoms with Crippen molar-refractivity contribution in [3.05, 3.63) is 46.2 Å². The minimum absolute atomic E-state index is 0.0976. The van der Waals surface area contributed by atoms with Crippen LogP contribution in [0.3, 0.4) is 0 Å². The summed E-state index contributed by atoms with van der Waals surface area (Å²) in [6.45, 7) is 0. The summed E-state index contributed by atoms with van der Waals surface area (Å²) in [5, 5.41) is 32.5. The van der Waals surface area contributed by atoms with E-state index in [4.69, 9.17) is 11.2 Å². The zero-order chi connectivity index (χ0) is 24.2. The molecule has 3 N–H and O–H groups in total. The maximum Gasteiger partial charge on any atom is 0.509 e. The van der Waals surface area contributed by atoms with Crippen molar-refractivity contribution in [2.24, 2.45) is 11.8 Å². The Morgan fingerprint density at radius 3 is 2.55 bits per heavy atom. The molecular weight excluding hydrogens is 430 g/mol. The van der Waals surface area contributed by atoms with Gasteiger partial charge < -0.3 is 24.8 Å². The Hall–Kier alpha value is -3.77. The van der Waals surface area contributed by atoms with Gasteiger partial charge in [0.15, 0.2) is 11.5 Å². The highest BCUT2D eigenvalue weighted by atomic mass is 16.7. The highest BCUT2D eigenvalue weighted by molar-refractivity contribution is 6.15. The zero-order valence-electron chi connectivity index (χ0n) is 18.3. The normalized spacial score (nSPS) is 28.6. The monoisotopic (exact) mass is 453 g/mol. The van der Waals surface area contributed by atoms with Crippen LogP contribution in [0.1, 0.15) is 17.5 Å². The molecule has 0 amide bonds. The van der Waals surface area contributed by atoms with Crippen molar-refractivity contribution >= 4 is 23.5 Å². The number of aromatic hydroxyl groups is 1. The Morgan fingerprint density at radius 1 is 1.24 bits per heavy atom. The molecule has 0 aliphatic heterocycles. The van der Waals surface area contributed by atoms with Crippen molar-refractivity contribution in [3.8, 4) is 18.1 Å². The van der Waals surface area contributed by atoms with Gasteiger partial charge in [-0.25, -0.2) is 4.79 Å². The molecule has 1 aromatic rings. The molecule has 0 unspecified atom stereocenters. The summed E-state index contributed by atoms with van der Waals surface area (Å²) in [5.74, 6) is -2.49. The van der Waals surface area contributed by atoms with Crippen LogP contribution in [0.5, 0.6) is 5.75 Å². The SMILES string of the molecule is C#CC1=C(O)[C@@]2(OC(=O)OC)C(=O)C3=C(O)c4c(O)cccc4C[C@H]3C[C@H]2[C@H](N(C)C)C1=O. The lowest BCUT2D eigenvalue weighted by Gasteiger charge is -2.51. The number of ketones is 2. The van der Waals surface area contributed by atoms with E-state index in [1.807, 2.05) is 0 Å². The second-order valence-electron chi connectivity index (χ2n) is 8.58. The minimum Gasteiger partial charge on any atom is -0.507 e. The van der Waals surface area contributed by atoms with Gasteiger partial charge in [-0.15, -0.1) is 6.42 Å². The number of ether oxygens (including phenoxy) is 2. The van der Waals surface area contributed by atoms with Crippen LogP contribution in [0.25, 0.3) is 5.76 Å². The smallest absolute Gasteiger partial charge is 0.507 e. The lowest BCUT2D eigenvalue weighted by molar-refractivity contribution is -0.157. The Labute approximate surface area is 189 Å². The topological polar surface area (TPSA) is 134 Å². The van der Waals surface area contributed by atoms with Crippen LogP contribution >= 0.6 is 0 Å². The van der Waals surface area contributed by atoms with Gasteiger partial charge in [0, 0.05) is 11.5 Å². The quantitative estimate of drug-likeness (QED) is 0.453. The minimum atomic E-state index is -2.38. The van der Waals surface area contributed by atoms with E-state index >= 15 is 0 Å². The molecule has 0 radical (unpaired) electrons. The summed E-state index contributed by atoms with van der Waals surface area (Å²) in [5.41, 5.74) is -2.25. The first-order valence-electron chi connectivity index (χ1n) is 10.3. The average Bonchev–Trinajstić information content (AvgIpc) is 2.75. The number of aliphatic hydroxyl groups is 2. The maximum absolute atomic E-state index is 14.0. The van der Waals surface area contributed by atoms with Crippen molar-refractivity contribution in [1.82, 2.24) is 4.90 Å². The first-order valence-corrected chi connectivity index (χ1v) is 10.3. The van der Waals surface area contributed by atoms with Crippen molar-refractivity contribution in [3.63, 3.8) is 0 Å². The van der Waals surface area contributed by atoms with Gasteiger partial charge in [0.25, 0.3) is 0 Å². The fourth-order valence-corrected chi connectivity index (χ4v) is 5.41. The molecule has 172 valence electrons. The van der Waals surface area contributed by atoms with Crippen molar-refractivity contribution < 1.29 is 39.2 Å². The molecule has 0 spiro atoms. The van der Waals surface area contributed by atoms with E-state index in [0.29, 0.717) is 12.0 Å². The van der Waals surface area contributed by atoms with Crippen LogP contribution in [-0.4, -0.2) is 70.8 Å². The van der Waals surface area contributed by atoms with Crippen LogP contribution in [0.4, 0.5) is 4.79 Å². The molecule has 0 aromatic heterocycles. The molecule has 1 saturated carbocycles. The maximum atomic E-state index is 14.0. The second-order valence-corrected chi connectivity index (χ2v) is 8.58. The number of nitrogens with zero attached hydrogens (tertiary/aromatic N) is 1. The van der Waals surface area contributed by atoms with Crippen LogP contribution in [0, 0.1) is 24.2 Å². The number of Topliss-reactive ketones (excluding diaryl/α,β-unsaturated/α-hetero) is 2. The van der Waals surface area contributed by atoms with Crippen LogP contribution < -0.4 is 0 Å². The molecule has 3 aliphatic carbocycles. The van der Waals surface area contributed by atoms with Crippen LogP contribution in [0.2, 0.25) is 0 Å². The third-order valence-electron chi connectivity index (χ3n) is 6.73. The first-order chi connectivity index (χ1) is 15.6. The van der Waals surface area contributed by atoms with E-state index in [-0.39, 0.29) is 23.3 Å². The first kappa shape index (κ1) is 22.4. The standard InChI is InChI=1S/C24H23NO8/c1-5-13-19(27)18(25(2)3)14-10-12-9-11-7-6-8-15(26)16(11)20(28)17(12)22(30)24(14,21(13)29)33-23(31)32-4/h1,6-8,12,14,18,26,28-29H,9-10H2,2-4H3/t12-,14-,18-,24+/m0/s1. The highest BCUT2D eigenvalue weighted by Crippen LogP contribution is 2.54. The number of hydrogen-bond acceptors (Lipinski definition) is 9. The molecule has 9 nitrogen and oxygen atoms in total. The summed E-state index contributed by atoms with van der Waals surface area (Å²) < 4.78 is 10.0. The van der Waals surface area contributed by atoms with Gasteiger partial charge in [0.1, 0.15) is 17.1 Å². The molecule has 4 atom stereocenters. The van der Waals surface area contributed by atoms with Gasteiger partial charge >= 0.3 is 6.16 Å². The van der Waals surface area contributed by atoms with E-state index in [9.17, 15) is 29.7 Å². The lowest BCUT2D eigenvalue weighted by atomic mass is 9.57. The number of phenols is 1. The van der Waals surface area contributed by atoms with Crippen molar-refractivity contribution in [2.75, 3.05) is 21.2 Å².